The number of hydrazone groups is 1. The smallest absolute Gasteiger partial charge is 0.251 e. The van der Waals surface area contributed by atoms with Gasteiger partial charge in [-0.2, -0.15) is 5.10 Å². The van der Waals surface area contributed by atoms with Gasteiger partial charge in [0, 0.05) is 22.0 Å². The van der Waals surface area contributed by atoms with E-state index < -0.39 is 6.23 Å². The molecular formula is C25H21BrN2O3. The van der Waals surface area contributed by atoms with Crippen molar-refractivity contribution in [1.82, 2.24) is 5.01 Å². The Bertz CT molecular complexity index is 1170. The van der Waals surface area contributed by atoms with Gasteiger partial charge in [0.1, 0.15) is 11.5 Å². The number of carbonyl (C=O) groups is 1. The maximum absolute atomic E-state index is 13.4. The number of nitrogens with zero attached hydrogens (tertiary/aromatic N) is 2. The Morgan fingerprint density at radius 1 is 1.10 bits per heavy atom. The molecule has 3 aromatic rings. The molecule has 0 radical (unpaired) electrons. The summed E-state index contributed by atoms with van der Waals surface area (Å²) in [6.07, 6.45) is -0.117. The molecule has 0 bridgehead atoms. The molecule has 3 aromatic carbocycles. The van der Waals surface area contributed by atoms with Gasteiger partial charge in [-0.3, -0.25) is 4.79 Å². The van der Waals surface area contributed by atoms with Crippen LogP contribution in [0.5, 0.6) is 11.5 Å². The summed E-state index contributed by atoms with van der Waals surface area (Å²) >= 11 is 3.56. The third-order valence-corrected chi connectivity index (χ3v) is 6.23. The first kappa shape index (κ1) is 19.8. The van der Waals surface area contributed by atoms with E-state index in [0.717, 1.165) is 38.4 Å². The highest BCUT2D eigenvalue weighted by Crippen LogP contribution is 2.44. The highest BCUT2D eigenvalue weighted by Gasteiger charge is 2.43. The first-order chi connectivity index (χ1) is 15.0. The fraction of sp³-hybridized carbons (Fsp3) is 0.200. The Labute approximate surface area is 189 Å². The van der Waals surface area contributed by atoms with Gasteiger partial charge in [0.25, 0.3) is 6.23 Å². The lowest BCUT2D eigenvalue weighted by Gasteiger charge is -2.37. The van der Waals surface area contributed by atoms with E-state index in [1.165, 1.54) is 0 Å². The summed E-state index contributed by atoms with van der Waals surface area (Å²) < 4.78 is 12.4. The summed E-state index contributed by atoms with van der Waals surface area (Å²) in [6.45, 7) is 2.00. The van der Waals surface area contributed by atoms with Gasteiger partial charge >= 0.3 is 0 Å². The molecule has 0 N–H and O–H groups in total. The molecular weight excluding hydrogens is 456 g/mol. The molecule has 0 fully saturated rings. The summed E-state index contributed by atoms with van der Waals surface area (Å²) in [7, 11) is 1.65. The van der Waals surface area contributed by atoms with Gasteiger partial charge < -0.3 is 9.47 Å². The highest BCUT2D eigenvalue weighted by atomic mass is 79.9. The molecule has 0 spiro atoms. The van der Waals surface area contributed by atoms with Crippen LogP contribution in [-0.4, -0.2) is 29.8 Å². The van der Waals surface area contributed by atoms with Gasteiger partial charge in [-0.1, -0.05) is 45.8 Å². The monoisotopic (exact) mass is 476 g/mol. The van der Waals surface area contributed by atoms with Crippen molar-refractivity contribution in [2.24, 2.45) is 5.10 Å². The molecule has 156 valence electrons. The number of rotatable bonds is 4. The van der Waals surface area contributed by atoms with Crippen molar-refractivity contribution in [2.45, 2.75) is 25.6 Å². The molecule has 0 saturated carbocycles. The molecule has 6 heteroatoms. The first-order valence-corrected chi connectivity index (χ1v) is 10.9. The Balaban J connectivity index is 1.55. The average Bonchev–Trinajstić information content (AvgIpc) is 3.24. The SMILES string of the molecule is COc1ccc(C2=NN3C(C(=O)c4ccc(C)cc4)Oc4ccc(Br)cc4C3C2)cc1. The number of methoxy groups -OCH3 is 1. The van der Waals surface area contributed by atoms with Gasteiger partial charge in [-0.15, -0.1) is 0 Å². The van der Waals surface area contributed by atoms with E-state index in [1.54, 1.807) is 7.11 Å². The lowest BCUT2D eigenvalue weighted by atomic mass is 9.95. The Kier molecular flexibility index (Phi) is 5.02. The van der Waals surface area contributed by atoms with Gasteiger partial charge in [0.15, 0.2) is 0 Å². The van der Waals surface area contributed by atoms with Gasteiger partial charge in [0.2, 0.25) is 5.78 Å². The summed E-state index contributed by atoms with van der Waals surface area (Å²) in [5, 5.41) is 6.67. The zero-order valence-corrected chi connectivity index (χ0v) is 18.8. The van der Waals surface area contributed by atoms with Gasteiger partial charge in [0.05, 0.1) is 18.9 Å². The summed E-state index contributed by atoms with van der Waals surface area (Å²) in [4.78, 5) is 13.4. The Hall–Kier alpha value is -3.12. The molecule has 2 aliphatic heterocycles. The van der Waals surface area contributed by atoms with Crippen LogP contribution in [0.4, 0.5) is 0 Å². The van der Waals surface area contributed by atoms with E-state index >= 15 is 0 Å². The van der Waals surface area contributed by atoms with Gasteiger partial charge in [-0.25, -0.2) is 5.01 Å². The van der Waals surface area contributed by atoms with Crippen LogP contribution < -0.4 is 9.47 Å². The summed E-state index contributed by atoms with van der Waals surface area (Å²) in [5.74, 6) is 1.42. The number of halogens is 1. The van der Waals surface area contributed by atoms with Gasteiger partial charge in [-0.05, 0) is 55.0 Å². The van der Waals surface area contributed by atoms with Crippen LogP contribution in [0.2, 0.25) is 0 Å². The number of hydrogen-bond donors (Lipinski definition) is 0. The summed E-state index contributed by atoms with van der Waals surface area (Å²) in [5.41, 5.74) is 4.67. The second-order valence-electron chi connectivity index (χ2n) is 7.76. The van der Waals surface area contributed by atoms with Crippen molar-refractivity contribution in [3.8, 4) is 11.5 Å². The largest absolute Gasteiger partial charge is 0.497 e. The number of ketones is 1. The van der Waals surface area contributed by atoms with Crippen molar-refractivity contribution >= 4 is 27.4 Å². The van der Waals surface area contributed by atoms with Crippen LogP contribution in [-0.2, 0) is 0 Å². The predicted octanol–water partition coefficient (Wildman–Crippen LogP) is 5.52. The van der Waals surface area contributed by atoms with E-state index in [0.29, 0.717) is 12.0 Å². The highest BCUT2D eigenvalue weighted by molar-refractivity contribution is 9.10. The third-order valence-electron chi connectivity index (χ3n) is 5.74. The quantitative estimate of drug-likeness (QED) is 0.465. The molecule has 5 nitrogen and oxygen atoms in total. The Morgan fingerprint density at radius 2 is 1.84 bits per heavy atom. The number of ether oxygens (including phenoxy) is 2. The maximum Gasteiger partial charge on any atom is 0.251 e. The lowest BCUT2D eigenvalue weighted by molar-refractivity contribution is -0.00459. The number of hydrogen-bond acceptors (Lipinski definition) is 5. The van der Waals surface area contributed by atoms with E-state index in [9.17, 15) is 4.79 Å². The van der Waals surface area contributed by atoms with Crippen LogP contribution in [0, 0.1) is 6.92 Å². The number of aryl methyl sites for hydroxylation is 1. The minimum atomic E-state index is -0.808. The van der Waals surface area contributed by atoms with Crippen LogP contribution >= 0.6 is 15.9 Å². The van der Waals surface area contributed by atoms with Crippen LogP contribution in [0.15, 0.2) is 76.3 Å². The molecule has 31 heavy (non-hydrogen) atoms. The van der Waals surface area contributed by atoms with Crippen LogP contribution in [0.1, 0.15) is 39.5 Å². The topological polar surface area (TPSA) is 51.1 Å². The molecule has 0 saturated heterocycles. The van der Waals surface area contributed by atoms with Crippen molar-refractivity contribution < 1.29 is 14.3 Å². The van der Waals surface area contributed by atoms with E-state index in [-0.39, 0.29) is 11.8 Å². The maximum atomic E-state index is 13.4. The van der Waals surface area contributed by atoms with E-state index in [1.807, 2.05) is 78.7 Å². The fourth-order valence-corrected chi connectivity index (χ4v) is 4.43. The molecule has 2 unspecified atom stereocenters. The number of Topliss-reactive ketones (excluding diaryl/α,β-unsaturated/α-hetero) is 1. The Morgan fingerprint density at radius 3 is 2.55 bits per heavy atom. The molecule has 2 atom stereocenters. The second-order valence-corrected chi connectivity index (χ2v) is 8.67. The van der Waals surface area contributed by atoms with Crippen molar-refractivity contribution in [2.75, 3.05) is 7.11 Å². The molecule has 0 aliphatic carbocycles. The van der Waals surface area contributed by atoms with Crippen LogP contribution in [0.3, 0.4) is 0 Å². The van der Waals surface area contributed by atoms with Crippen LogP contribution in [0.25, 0.3) is 0 Å². The molecule has 2 heterocycles. The summed E-state index contributed by atoms with van der Waals surface area (Å²) in [6, 6.07) is 21.2. The van der Waals surface area contributed by atoms with E-state index in [2.05, 4.69) is 15.9 Å². The normalized spacial score (nSPS) is 19.2. The molecule has 0 aromatic heterocycles. The van der Waals surface area contributed by atoms with Crippen molar-refractivity contribution in [1.29, 1.82) is 0 Å². The number of fused-ring (bicyclic) bond motifs is 3. The minimum absolute atomic E-state index is 0.0715. The molecule has 0 amide bonds. The second kappa shape index (κ2) is 7.85. The molecule has 5 rings (SSSR count). The number of carbonyl (C=O) groups excluding carboxylic acids is 1. The van der Waals surface area contributed by atoms with Crippen molar-refractivity contribution in [3.63, 3.8) is 0 Å². The average molecular weight is 477 g/mol. The fourth-order valence-electron chi connectivity index (χ4n) is 4.05. The predicted molar refractivity (Wildman–Crippen MR) is 123 cm³/mol. The first-order valence-electron chi connectivity index (χ1n) is 10.1. The number of benzene rings is 3. The standard InChI is InChI=1S/C25H21BrN2O3/c1-15-3-5-17(6-4-15)24(29)25-28-22(20-13-18(26)9-12-23(20)31-25)14-21(27-28)16-7-10-19(30-2)11-8-16/h3-13,22,25H,14H2,1-2H3. The minimum Gasteiger partial charge on any atom is -0.497 e. The van der Waals surface area contributed by atoms with Crippen molar-refractivity contribution in [3.05, 3.63) is 93.5 Å². The van der Waals surface area contributed by atoms with E-state index in [4.69, 9.17) is 14.6 Å². The lowest BCUT2D eigenvalue weighted by Crippen LogP contribution is -2.45. The molecule has 2 aliphatic rings. The zero-order chi connectivity index (χ0) is 21.5. The zero-order valence-electron chi connectivity index (χ0n) is 17.2. The third kappa shape index (κ3) is 3.61.